The van der Waals surface area contributed by atoms with Crippen molar-refractivity contribution in [2.24, 2.45) is 56.2 Å². The summed E-state index contributed by atoms with van der Waals surface area (Å²) < 4.78 is 26.2. The fraction of sp³-hybridized carbons (Fsp3) is 1.00. The summed E-state index contributed by atoms with van der Waals surface area (Å²) in [5, 5.41) is 43.6. The zero-order valence-electron chi connectivity index (χ0n) is 28.2. The lowest BCUT2D eigenvalue weighted by Gasteiger charge is -2.63. The molecule has 3 aliphatic heterocycles. The van der Waals surface area contributed by atoms with Gasteiger partial charge in [0, 0.05) is 11.3 Å². The molecular formula is C36H58O8. The van der Waals surface area contributed by atoms with Gasteiger partial charge in [-0.1, -0.05) is 55.4 Å². The summed E-state index contributed by atoms with van der Waals surface area (Å²) in [4.78, 5) is 0. The van der Waals surface area contributed by atoms with E-state index in [0.717, 1.165) is 38.5 Å². The Morgan fingerprint density at radius 2 is 1.50 bits per heavy atom. The molecule has 44 heavy (non-hydrogen) atoms. The Balaban J connectivity index is 1.10. The maximum Gasteiger partial charge on any atom is 0.199 e. The molecule has 0 aromatic carbocycles. The molecule has 5 aliphatic carbocycles. The van der Waals surface area contributed by atoms with E-state index in [1.54, 1.807) is 0 Å². The van der Waals surface area contributed by atoms with Crippen molar-refractivity contribution in [2.45, 2.75) is 162 Å². The predicted molar refractivity (Wildman–Crippen MR) is 162 cm³/mol. The van der Waals surface area contributed by atoms with Crippen LogP contribution in [0.5, 0.6) is 0 Å². The standard InChI is InChI=1S/C36H58O8/c1-18-15-20-27(30(2,3)4)44-36(43-20)26(18)32(7)13-14-35-17-34(35)12-11-23(42-28-25(39)24(38)19(37)16-41-28)31(5,6)21(34)9-10-22(35)33(32,8)29(36)40/h18-29,37-40H,9-17H2,1-8H3/t18-,19-,20+,21+,22+,23+,24+,25-,26-,27+,28+,29-,32-,33-,34-,35+,36?/m1/s1. The normalized spacial score (nSPS) is 62.2. The van der Waals surface area contributed by atoms with Crippen molar-refractivity contribution in [3.63, 3.8) is 0 Å². The van der Waals surface area contributed by atoms with E-state index in [-0.39, 0.29) is 63.3 Å². The van der Waals surface area contributed by atoms with Crippen LogP contribution in [0.4, 0.5) is 0 Å². The van der Waals surface area contributed by atoms with E-state index in [4.69, 9.17) is 18.9 Å². The van der Waals surface area contributed by atoms with Crippen LogP contribution >= 0.6 is 0 Å². The lowest BCUT2D eigenvalue weighted by Crippen LogP contribution is -2.61. The Labute approximate surface area is 263 Å². The minimum absolute atomic E-state index is 0.0129. The van der Waals surface area contributed by atoms with Gasteiger partial charge in [-0.25, -0.2) is 0 Å². The van der Waals surface area contributed by atoms with Crippen molar-refractivity contribution in [1.29, 1.82) is 0 Å². The summed E-state index contributed by atoms with van der Waals surface area (Å²) in [5.74, 6) is 0.586. The second-order valence-corrected chi connectivity index (χ2v) is 19.0. The number of ether oxygens (including phenoxy) is 4. The monoisotopic (exact) mass is 618 g/mol. The smallest absolute Gasteiger partial charge is 0.199 e. The first-order chi connectivity index (χ1) is 20.4. The molecule has 8 heteroatoms. The van der Waals surface area contributed by atoms with Gasteiger partial charge in [0.1, 0.15) is 24.4 Å². The highest BCUT2D eigenvalue weighted by molar-refractivity contribution is 5.34. The molecule has 0 radical (unpaired) electrons. The molecule has 2 bridgehead atoms. The molecule has 3 heterocycles. The molecule has 0 aromatic heterocycles. The zero-order valence-corrected chi connectivity index (χ0v) is 28.2. The van der Waals surface area contributed by atoms with Gasteiger partial charge < -0.3 is 39.4 Å². The van der Waals surface area contributed by atoms with Crippen LogP contribution in [0, 0.1) is 56.2 Å². The quantitative estimate of drug-likeness (QED) is 0.337. The van der Waals surface area contributed by atoms with E-state index < -0.39 is 36.5 Å². The predicted octanol–water partition coefficient (Wildman–Crippen LogP) is 4.40. The van der Waals surface area contributed by atoms with E-state index in [0.29, 0.717) is 17.8 Å². The molecule has 8 aliphatic rings. The molecule has 4 N–H and O–H groups in total. The molecule has 1 unspecified atom stereocenters. The molecule has 250 valence electrons. The second kappa shape index (κ2) is 9.02. The Morgan fingerprint density at radius 3 is 2.20 bits per heavy atom. The van der Waals surface area contributed by atoms with Gasteiger partial charge in [-0.15, -0.1) is 0 Å². The average Bonchev–Trinajstić information content (AvgIpc) is 3.45. The Bertz CT molecular complexity index is 1200. The molecular weight excluding hydrogens is 560 g/mol. The van der Waals surface area contributed by atoms with Crippen molar-refractivity contribution in [2.75, 3.05) is 6.61 Å². The van der Waals surface area contributed by atoms with Crippen LogP contribution in [-0.2, 0) is 18.9 Å². The molecule has 3 saturated heterocycles. The molecule has 5 saturated carbocycles. The first-order valence-electron chi connectivity index (χ1n) is 17.8. The van der Waals surface area contributed by atoms with Crippen LogP contribution in [0.3, 0.4) is 0 Å². The van der Waals surface area contributed by atoms with Crippen molar-refractivity contribution < 1.29 is 39.4 Å². The topological polar surface area (TPSA) is 118 Å². The summed E-state index contributed by atoms with van der Waals surface area (Å²) >= 11 is 0. The fourth-order valence-electron chi connectivity index (χ4n) is 14.1. The van der Waals surface area contributed by atoms with Crippen molar-refractivity contribution in [3.05, 3.63) is 0 Å². The van der Waals surface area contributed by atoms with E-state index in [2.05, 4.69) is 55.4 Å². The number of fused-ring (bicyclic) bond motifs is 4. The minimum atomic E-state index is -1.27. The molecule has 8 nitrogen and oxygen atoms in total. The van der Waals surface area contributed by atoms with Crippen LogP contribution in [0.25, 0.3) is 0 Å². The van der Waals surface area contributed by atoms with Crippen LogP contribution in [0.15, 0.2) is 0 Å². The summed E-state index contributed by atoms with van der Waals surface area (Å²) in [6.07, 6.45) is 3.35. The lowest BCUT2D eigenvalue weighted by molar-refractivity contribution is -0.303. The van der Waals surface area contributed by atoms with E-state index in [1.807, 2.05) is 0 Å². The van der Waals surface area contributed by atoms with Crippen molar-refractivity contribution >= 4 is 0 Å². The first-order valence-corrected chi connectivity index (χ1v) is 17.8. The van der Waals surface area contributed by atoms with Crippen molar-refractivity contribution in [3.8, 4) is 0 Å². The maximum atomic E-state index is 12.7. The third kappa shape index (κ3) is 3.39. The van der Waals surface area contributed by atoms with Gasteiger partial charge in [0.05, 0.1) is 24.9 Å². The Hall–Kier alpha value is -0.320. The third-order valence-electron chi connectivity index (χ3n) is 16.0. The highest BCUT2D eigenvalue weighted by atomic mass is 16.8. The summed E-state index contributed by atoms with van der Waals surface area (Å²) in [6, 6.07) is 0. The number of aliphatic hydroxyl groups is 4. The molecule has 0 aromatic rings. The summed E-state index contributed by atoms with van der Waals surface area (Å²) in [7, 11) is 0. The molecule has 3 spiro atoms. The molecule has 17 atom stereocenters. The Kier molecular flexibility index (Phi) is 6.35. The highest BCUT2D eigenvalue weighted by Gasteiger charge is 2.88. The summed E-state index contributed by atoms with van der Waals surface area (Å²) in [6.45, 7) is 18.6. The first kappa shape index (κ1) is 31.0. The van der Waals surface area contributed by atoms with E-state index in [1.165, 1.54) is 12.8 Å². The van der Waals surface area contributed by atoms with Crippen LogP contribution in [0.2, 0.25) is 0 Å². The van der Waals surface area contributed by atoms with Gasteiger partial charge in [0.25, 0.3) is 0 Å². The van der Waals surface area contributed by atoms with E-state index >= 15 is 0 Å². The zero-order chi connectivity index (χ0) is 31.6. The SMILES string of the molecule is C[C@@H]1C[C@@H]2OC3(O[C@@H]2C(C)(C)C)[C@H](O)[C@@]2(C)[C@@H]4CC[C@H]5C(C)(C)[C@@H](O[C@@H]6OC[C@@H](O)[C@H](O)[C@H]6O)CC[C@@]56C[C@@]46CC[C@]2(C)[C@@H]13. The summed E-state index contributed by atoms with van der Waals surface area (Å²) in [5.41, 5.74) is -0.112. The van der Waals surface area contributed by atoms with Gasteiger partial charge in [0.2, 0.25) is 0 Å². The number of rotatable bonds is 2. The average molecular weight is 619 g/mol. The van der Waals surface area contributed by atoms with Gasteiger partial charge in [-0.2, -0.15) is 0 Å². The van der Waals surface area contributed by atoms with Gasteiger partial charge in [-0.05, 0) is 96.2 Å². The van der Waals surface area contributed by atoms with Gasteiger partial charge >= 0.3 is 0 Å². The molecule has 8 fully saturated rings. The second-order valence-electron chi connectivity index (χ2n) is 19.0. The Morgan fingerprint density at radius 1 is 0.818 bits per heavy atom. The minimum Gasteiger partial charge on any atom is -0.388 e. The van der Waals surface area contributed by atoms with Crippen molar-refractivity contribution in [1.82, 2.24) is 0 Å². The highest BCUT2D eigenvalue weighted by Crippen LogP contribution is 2.90. The molecule has 0 amide bonds. The largest absolute Gasteiger partial charge is 0.388 e. The molecule has 8 rings (SSSR count). The van der Waals surface area contributed by atoms with Crippen LogP contribution < -0.4 is 0 Å². The number of hydrogen-bond donors (Lipinski definition) is 4. The number of aliphatic hydroxyl groups excluding tert-OH is 4. The lowest BCUT2D eigenvalue weighted by atomic mass is 9.41. The fourth-order valence-corrected chi connectivity index (χ4v) is 14.1. The maximum absolute atomic E-state index is 12.7. The number of hydrogen-bond acceptors (Lipinski definition) is 8. The van der Waals surface area contributed by atoms with Crippen LogP contribution in [-0.4, -0.2) is 81.8 Å². The van der Waals surface area contributed by atoms with Crippen LogP contribution in [0.1, 0.15) is 107 Å². The van der Waals surface area contributed by atoms with E-state index in [9.17, 15) is 20.4 Å². The van der Waals surface area contributed by atoms with Gasteiger partial charge in [-0.3, -0.25) is 0 Å². The van der Waals surface area contributed by atoms with Gasteiger partial charge in [0.15, 0.2) is 12.1 Å². The third-order valence-corrected chi connectivity index (χ3v) is 16.0.